The summed E-state index contributed by atoms with van der Waals surface area (Å²) in [6, 6.07) is 2.75. The van der Waals surface area contributed by atoms with Gasteiger partial charge in [0.1, 0.15) is 10.7 Å². The zero-order chi connectivity index (χ0) is 14.9. The molecule has 0 amide bonds. The van der Waals surface area contributed by atoms with Gasteiger partial charge in [-0.15, -0.1) is 0 Å². The third-order valence-corrected chi connectivity index (χ3v) is 5.68. The fraction of sp³-hybridized carbons (Fsp3) is 0.500. The lowest BCUT2D eigenvalue weighted by molar-refractivity contribution is 0.115. The van der Waals surface area contributed by atoms with Gasteiger partial charge in [-0.2, -0.15) is 4.31 Å². The first-order valence-corrected chi connectivity index (χ1v) is 8.34. The second-order valence-corrected chi connectivity index (χ2v) is 7.41. The van der Waals surface area contributed by atoms with Gasteiger partial charge in [-0.25, -0.2) is 12.8 Å². The summed E-state index contributed by atoms with van der Waals surface area (Å²) in [6.45, 7) is 0.502. The molecule has 1 fully saturated rings. The third kappa shape index (κ3) is 2.89. The maximum absolute atomic E-state index is 14.2. The van der Waals surface area contributed by atoms with Gasteiger partial charge in [-0.3, -0.25) is 0 Å². The van der Waals surface area contributed by atoms with Crippen LogP contribution in [0.25, 0.3) is 0 Å². The van der Waals surface area contributed by atoms with Crippen LogP contribution in [0.5, 0.6) is 0 Å². The van der Waals surface area contributed by atoms with Crippen LogP contribution in [0.1, 0.15) is 12.0 Å². The molecular weight excluding hydrogens is 351 g/mol. The van der Waals surface area contributed by atoms with Crippen molar-refractivity contribution in [3.63, 3.8) is 0 Å². The molecule has 1 aromatic carbocycles. The molecule has 0 aromatic heterocycles. The van der Waals surface area contributed by atoms with Crippen molar-refractivity contribution in [3.8, 4) is 0 Å². The molecule has 0 radical (unpaired) electrons. The van der Waals surface area contributed by atoms with Gasteiger partial charge in [0.15, 0.2) is 0 Å². The number of halogens is 2. The number of methoxy groups -OCH3 is 1. The Labute approximate surface area is 126 Å². The lowest BCUT2D eigenvalue weighted by Gasteiger charge is -2.18. The molecule has 8 heteroatoms. The lowest BCUT2D eigenvalue weighted by atomic mass is 10.2. The molecule has 0 spiro atoms. The van der Waals surface area contributed by atoms with Crippen molar-refractivity contribution < 1.29 is 17.5 Å². The van der Waals surface area contributed by atoms with Gasteiger partial charge in [0.05, 0.1) is 6.10 Å². The highest BCUT2D eigenvalue weighted by atomic mass is 79.9. The molecule has 1 aromatic rings. The molecule has 2 N–H and O–H groups in total. The average Bonchev–Trinajstić information content (AvgIpc) is 2.90. The summed E-state index contributed by atoms with van der Waals surface area (Å²) in [5, 5.41) is 0. The van der Waals surface area contributed by atoms with E-state index < -0.39 is 15.8 Å². The number of hydrogen-bond donors (Lipinski definition) is 1. The van der Waals surface area contributed by atoms with Crippen molar-refractivity contribution in [1.82, 2.24) is 4.31 Å². The Balaban J connectivity index is 2.42. The van der Waals surface area contributed by atoms with Crippen LogP contribution in [0.2, 0.25) is 0 Å². The predicted octanol–water partition coefficient (Wildman–Crippen LogP) is 1.46. The van der Waals surface area contributed by atoms with E-state index in [4.69, 9.17) is 10.5 Å². The van der Waals surface area contributed by atoms with Crippen LogP contribution >= 0.6 is 15.9 Å². The lowest BCUT2D eigenvalue weighted by Crippen LogP contribution is -2.31. The van der Waals surface area contributed by atoms with Gasteiger partial charge in [-0.05, 0) is 18.6 Å². The quantitative estimate of drug-likeness (QED) is 0.875. The second kappa shape index (κ2) is 6.07. The van der Waals surface area contributed by atoms with Gasteiger partial charge >= 0.3 is 0 Å². The molecule has 0 bridgehead atoms. The molecule has 5 nitrogen and oxygen atoms in total. The Bertz CT molecular complexity index is 609. The van der Waals surface area contributed by atoms with E-state index in [9.17, 15) is 12.8 Å². The van der Waals surface area contributed by atoms with Crippen LogP contribution in [0.3, 0.4) is 0 Å². The van der Waals surface area contributed by atoms with Crippen LogP contribution in [0.4, 0.5) is 4.39 Å². The van der Waals surface area contributed by atoms with Crippen LogP contribution in [-0.2, 0) is 21.3 Å². The zero-order valence-corrected chi connectivity index (χ0v) is 13.4. The van der Waals surface area contributed by atoms with Gasteiger partial charge in [0, 0.05) is 36.8 Å². The minimum Gasteiger partial charge on any atom is -0.380 e. The van der Waals surface area contributed by atoms with E-state index in [0.717, 1.165) is 0 Å². The topological polar surface area (TPSA) is 72.6 Å². The summed E-state index contributed by atoms with van der Waals surface area (Å²) in [5.74, 6) is -0.781. The first-order valence-electron chi connectivity index (χ1n) is 6.11. The Kier molecular flexibility index (Phi) is 4.80. The van der Waals surface area contributed by atoms with E-state index in [-0.39, 0.29) is 29.7 Å². The van der Waals surface area contributed by atoms with Crippen molar-refractivity contribution in [1.29, 1.82) is 0 Å². The first-order chi connectivity index (χ1) is 9.40. The molecule has 1 unspecified atom stereocenters. The highest BCUT2D eigenvalue weighted by Gasteiger charge is 2.34. The van der Waals surface area contributed by atoms with E-state index in [2.05, 4.69) is 15.9 Å². The van der Waals surface area contributed by atoms with Gasteiger partial charge in [0.25, 0.3) is 0 Å². The SMILES string of the molecule is COC1CCN(S(=O)(=O)c2cc(Br)cc(CN)c2F)C1. The summed E-state index contributed by atoms with van der Waals surface area (Å²) in [6.07, 6.45) is 0.462. The van der Waals surface area contributed by atoms with Gasteiger partial charge in [-0.1, -0.05) is 15.9 Å². The Morgan fingerprint density at radius 1 is 1.55 bits per heavy atom. The van der Waals surface area contributed by atoms with Gasteiger partial charge < -0.3 is 10.5 Å². The summed E-state index contributed by atoms with van der Waals surface area (Å²) in [5.41, 5.74) is 5.61. The molecule has 1 saturated heterocycles. The Hall–Kier alpha value is -0.540. The number of nitrogens with zero attached hydrogens (tertiary/aromatic N) is 1. The summed E-state index contributed by atoms with van der Waals surface area (Å²) < 4.78 is 46.1. The Morgan fingerprint density at radius 3 is 2.80 bits per heavy atom. The number of sulfonamides is 1. The monoisotopic (exact) mass is 366 g/mol. The van der Waals surface area contributed by atoms with Crippen LogP contribution in [-0.4, -0.2) is 39.0 Å². The van der Waals surface area contributed by atoms with Crippen LogP contribution < -0.4 is 5.73 Å². The minimum absolute atomic E-state index is 0.0610. The van der Waals surface area contributed by atoms with E-state index in [1.807, 2.05) is 0 Å². The maximum Gasteiger partial charge on any atom is 0.246 e. The van der Waals surface area contributed by atoms with Crippen molar-refractivity contribution in [3.05, 3.63) is 28.0 Å². The average molecular weight is 367 g/mol. The molecule has 1 heterocycles. The smallest absolute Gasteiger partial charge is 0.246 e. The van der Waals surface area contributed by atoms with Crippen molar-refractivity contribution in [2.75, 3.05) is 20.2 Å². The third-order valence-electron chi connectivity index (χ3n) is 3.36. The molecule has 20 heavy (non-hydrogen) atoms. The zero-order valence-electron chi connectivity index (χ0n) is 11.0. The molecule has 0 saturated carbocycles. The summed E-state index contributed by atoms with van der Waals surface area (Å²) in [7, 11) is -2.34. The Morgan fingerprint density at radius 2 is 2.25 bits per heavy atom. The number of ether oxygens (including phenoxy) is 1. The highest BCUT2D eigenvalue weighted by Crippen LogP contribution is 2.28. The highest BCUT2D eigenvalue weighted by molar-refractivity contribution is 9.10. The molecule has 1 aliphatic heterocycles. The molecule has 112 valence electrons. The molecular formula is C12H16BrFN2O3S. The molecule has 2 rings (SSSR count). The van der Waals surface area contributed by atoms with E-state index in [1.165, 1.54) is 23.5 Å². The van der Waals surface area contributed by atoms with Crippen molar-refractivity contribution in [2.45, 2.75) is 24.0 Å². The molecule has 1 aliphatic rings. The fourth-order valence-electron chi connectivity index (χ4n) is 2.20. The van der Waals surface area contributed by atoms with Crippen molar-refractivity contribution in [2.24, 2.45) is 5.73 Å². The number of hydrogen-bond acceptors (Lipinski definition) is 4. The summed E-state index contributed by atoms with van der Waals surface area (Å²) in [4.78, 5) is -0.343. The standard InChI is InChI=1S/C12H16BrFN2O3S/c1-19-10-2-3-16(7-10)20(17,18)11-5-9(13)4-8(6-15)12(11)14/h4-5,10H,2-3,6-7,15H2,1H3. The van der Waals surface area contributed by atoms with E-state index in [1.54, 1.807) is 0 Å². The molecule has 1 atom stereocenters. The largest absolute Gasteiger partial charge is 0.380 e. The fourth-order valence-corrected chi connectivity index (χ4v) is 4.48. The van der Waals surface area contributed by atoms with Gasteiger partial charge in [0.2, 0.25) is 10.0 Å². The number of benzene rings is 1. The predicted molar refractivity (Wildman–Crippen MR) is 76.2 cm³/mol. The van der Waals surface area contributed by atoms with Crippen LogP contribution in [0, 0.1) is 5.82 Å². The van der Waals surface area contributed by atoms with E-state index >= 15 is 0 Å². The summed E-state index contributed by atoms with van der Waals surface area (Å²) >= 11 is 3.18. The number of nitrogens with two attached hydrogens (primary N) is 1. The maximum atomic E-state index is 14.2. The number of rotatable bonds is 4. The van der Waals surface area contributed by atoms with Crippen molar-refractivity contribution >= 4 is 26.0 Å². The normalized spacial score (nSPS) is 20.5. The minimum atomic E-state index is -3.87. The first kappa shape index (κ1) is 15.8. The van der Waals surface area contributed by atoms with E-state index in [0.29, 0.717) is 17.4 Å². The van der Waals surface area contributed by atoms with Crippen LogP contribution in [0.15, 0.2) is 21.5 Å². The molecule has 0 aliphatic carbocycles. The second-order valence-electron chi connectivity index (χ2n) is 4.59.